The van der Waals surface area contributed by atoms with Crippen LogP contribution in [-0.2, 0) is 4.74 Å². The first-order chi connectivity index (χ1) is 17.2. The highest BCUT2D eigenvalue weighted by Gasteiger charge is 2.34. The van der Waals surface area contributed by atoms with E-state index in [0.29, 0.717) is 5.92 Å². The molecule has 0 bridgehead atoms. The standard InChI is InChI=1S/2C6H12.C5H12O.3C5H12.C4H10/c2*1-3-6(2)4-5-6;1-5(2)4-6-3;2*1-4-5(2)3;1-3-5-4-2;1-3-4-2/h2*3-5H2,1-2H3;5H,4H2,1-3H3;2*5H,4H2,1-3H3;3-5H2,1-2H3;3-4H2,1-2H3. The molecule has 2 fully saturated rings. The van der Waals surface area contributed by atoms with Crippen LogP contribution in [0.15, 0.2) is 0 Å². The summed E-state index contributed by atoms with van der Waals surface area (Å²) in [6.45, 7) is 36.5. The Kier molecular flexibility index (Phi) is 43.0. The largest absolute Gasteiger partial charge is 0.384 e. The minimum absolute atomic E-state index is 0.676. The zero-order chi connectivity index (χ0) is 30.3. The summed E-state index contributed by atoms with van der Waals surface area (Å²) in [4.78, 5) is 0. The van der Waals surface area contributed by atoms with E-state index in [1.807, 2.05) is 0 Å². The van der Waals surface area contributed by atoms with Crippen molar-refractivity contribution in [3.63, 3.8) is 0 Å². The Morgan fingerprint density at radius 2 is 0.784 bits per heavy atom. The number of ether oxygens (including phenoxy) is 1. The molecule has 0 atom stereocenters. The first-order valence-corrected chi connectivity index (χ1v) is 16.7. The fraction of sp³-hybridized carbons (Fsp3) is 1.00. The molecule has 0 amide bonds. The highest BCUT2D eigenvalue weighted by Crippen LogP contribution is 2.48. The normalized spacial score (nSPS) is 14.9. The molecule has 37 heavy (non-hydrogen) atoms. The summed E-state index contributed by atoms with van der Waals surface area (Å²) in [7, 11) is 1.72. The van der Waals surface area contributed by atoms with Crippen LogP contribution < -0.4 is 0 Å². The zero-order valence-corrected chi connectivity index (χ0v) is 30.0. The third-order valence-corrected chi connectivity index (χ3v) is 7.25. The van der Waals surface area contributed by atoms with Gasteiger partial charge in [-0.25, -0.2) is 0 Å². The number of methoxy groups -OCH3 is 1. The van der Waals surface area contributed by atoms with Gasteiger partial charge in [-0.2, -0.15) is 0 Å². The van der Waals surface area contributed by atoms with Gasteiger partial charge in [-0.3, -0.25) is 0 Å². The molecule has 0 saturated heterocycles. The van der Waals surface area contributed by atoms with Gasteiger partial charge in [-0.15, -0.1) is 0 Å². The second-order valence-corrected chi connectivity index (χ2v) is 13.1. The molecule has 1 heteroatoms. The van der Waals surface area contributed by atoms with E-state index >= 15 is 0 Å². The molecule has 2 saturated carbocycles. The molecule has 0 N–H and O–H groups in total. The van der Waals surface area contributed by atoms with E-state index in [0.717, 1.165) is 29.3 Å². The number of rotatable bonds is 9. The van der Waals surface area contributed by atoms with Gasteiger partial charge in [0.1, 0.15) is 0 Å². The fourth-order valence-electron chi connectivity index (χ4n) is 1.82. The van der Waals surface area contributed by atoms with E-state index in [4.69, 9.17) is 4.74 Å². The quantitative estimate of drug-likeness (QED) is 0.288. The van der Waals surface area contributed by atoms with Gasteiger partial charge in [0.2, 0.25) is 0 Å². The van der Waals surface area contributed by atoms with Gasteiger partial charge in [0.25, 0.3) is 0 Å². The van der Waals surface area contributed by atoms with Gasteiger partial charge in [0, 0.05) is 13.7 Å². The van der Waals surface area contributed by atoms with Gasteiger partial charge in [-0.1, -0.05) is 169 Å². The van der Waals surface area contributed by atoms with Gasteiger partial charge < -0.3 is 4.74 Å². The summed E-state index contributed by atoms with van der Waals surface area (Å²) in [5, 5.41) is 0. The first kappa shape index (κ1) is 46.8. The lowest BCUT2D eigenvalue weighted by Crippen LogP contribution is -1.96. The summed E-state index contributed by atoms with van der Waals surface area (Å²) in [5.74, 6) is 2.44. The van der Waals surface area contributed by atoms with E-state index in [9.17, 15) is 0 Å². The maximum atomic E-state index is 4.80. The molecule has 1 nitrogen and oxygen atoms in total. The van der Waals surface area contributed by atoms with Crippen molar-refractivity contribution in [2.45, 2.75) is 194 Å². The van der Waals surface area contributed by atoms with Gasteiger partial charge in [0.15, 0.2) is 0 Å². The predicted octanol–water partition coefficient (Wildman–Crippen LogP) is 13.8. The summed E-state index contributed by atoms with van der Waals surface area (Å²) in [5.41, 5.74) is 1.58. The number of hydrogen-bond donors (Lipinski definition) is 0. The van der Waals surface area contributed by atoms with Crippen LogP contribution in [0.5, 0.6) is 0 Å². The number of hydrogen-bond acceptors (Lipinski definition) is 1. The van der Waals surface area contributed by atoms with E-state index < -0.39 is 0 Å². The van der Waals surface area contributed by atoms with Crippen molar-refractivity contribution in [1.29, 1.82) is 0 Å². The molecule has 2 aliphatic rings. The molecular formula is C36H82O. The molecule has 0 spiro atoms. The van der Waals surface area contributed by atoms with Crippen molar-refractivity contribution in [3.05, 3.63) is 0 Å². The molecule has 0 aromatic carbocycles. The second kappa shape index (κ2) is 34.0. The molecule has 0 aromatic heterocycles. The molecule has 0 heterocycles. The Morgan fingerprint density at radius 3 is 0.784 bits per heavy atom. The van der Waals surface area contributed by atoms with Crippen LogP contribution in [0.4, 0.5) is 0 Å². The summed E-state index contributed by atoms with van der Waals surface area (Å²) >= 11 is 0. The zero-order valence-electron chi connectivity index (χ0n) is 30.0. The number of unbranched alkanes of at least 4 members (excludes halogenated alkanes) is 3. The van der Waals surface area contributed by atoms with Gasteiger partial charge in [-0.05, 0) is 54.3 Å². The van der Waals surface area contributed by atoms with Crippen LogP contribution in [0.3, 0.4) is 0 Å². The fourth-order valence-corrected chi connectivity index (χ4v) is 1.82. The van der Waals surface area contributed by atoms with Crippen LogP contribution >= 0.6 is 0 Å². The Balaban J connectivity index is -0.000000108. The molecule has 0 aromatic rings. The molecule has 0 unspecified atom stereocenters. The van der Waals surface area contributed by atoms with Crippen molar-refractivity contribution >= 4 is 0 Å². The highest BCUT2D eigenvalue weighted by molar-refractivity contribution is 4.86. The summed E-state index contributed by atoms with van der Waals surface area (Å²) < 4.78 is 4.80. The third-order valence-electron chi connectivity index (χ3n) is 7.25. The topological polar surface area (TPSA) is 9.23 Å². The highest BCUT2D eigenvalue weighted by atomic mass is 16.5. The predicted molar refractivity (Wildman–Crippen MR) is 178 cm³/mol. The van der Waals surface area contributed by atoms with E-state index in [-0.39, 0.29) is 0 Å². The average molecular weight is 531 g/mol. The van der Waals surface area contributed by atoms with E-state index in [1.165, 1.54) is 83.5 Å². The Hall–Kier alpha value is -0.0400. The van der Waals surface area contributed by atoms with E-state index in [2.05, 4.69) is 111 Å². The maximum Gasteiger partial charge on any atom is 0.0485 e. The van der Waals surface area contributed by atoms with Crippen molar-refractivity contribution < 1.29 is 4.74 Å². The molecule has 0 aliphatic heterocycles. The minimum atomic E-state index is 0.676. The molecule has 2 rings (SSSR count). The monoisotopic (exact) mass is 531 g/mol. The molecule has 0 radical (unpaired) electrons. The van der Waals surface area contributed by atoms with Crippen LogP contribution in [0.25, 0.3) is 0 Å². The van der Waals surface area contributed by atoms with Crippen molar-refractivity contribution in [3.8, 4) is 0 Å². The van der Waals surface area contributed by atoms with Gasteiger partial charge in [0.05, 0.1) is 0 Å². The maximum absolute atomic E-state index is 4.80. The average Bonchev–Trinajstić information content (AvgIpc) is 3.80. The Morgan fingerprint density at radius 1 is 0.514 bits per heavy atom. The summed E-state index contributed by atoms with van der Waals surface area (Å²) in [6.07, 6.45) is 18.0. The Bertz CT molecular complexity index is 331. The molecule has 2 aliphatic carbocycles. The molecular weight excluding hydrogens is 448 g/mol. The Labute approximate surface area is 241 Å². The lowest BCUT2D eigenvalue weighted by Gasteiger charge is -1.97. The minimum Gasteiger partial charge on any atom is -0.384 e. The van der Waals surface area contributed by atoms with Crippen molar-refractivity contribution in [2.75, 3.05) is 13.7 Å². The van der Waals surface area contributed by atoms with E-state index in [1.54, 1.807) is 7.11 Å². The lowest BCUT2D eigenvalue weighted by molar-refractivity contribution is 0.167. The smallest absolute Gasteiger partial charge is 0.0485 e. The SMILES string of the molecule is CCC(C)C.CCC(C)C.CCC1(C)CC1.CCC1(C)CC1.CCCC.CCCCC.COCC(C)C. The van der Waals surface area contributed by atoms with Crippen LogP contribution in [0, 0.1) is 28.6 Å². The lowest BCUT2D eigenvalue weighted by atomic mass is 10.1. The second-order valence-electron chi connectivity index (χ2n) is 13.1. The van der Waals surface area contributed by atoms with Gasteiger partial charge >= 0.3 is 0 Å². The first-order valence-electron chi connectivity index (χ1n) is 16.7. The van der Waals surface area contributed by atoms with Crippen LogP contribution in [0.2, 0.25) is 0 Å². The van der Waals surface area contributed by atoms with Crippen molar-refractivity contribution in [2.24, 2.45) is 28.6 Å². The van der Waals surface area contributed by atoms with Crippen LogP contribution in [-0.4, -0.2) is 13.7 Å². The third kappa shape index (κ3) is 61.5. The summed E-state index contributed by atoms with van der Waals surface area (Å²) in [6, 6.07) is 0. The molecule has 232 valence electrons. The van der Waals surface area contributed by atoms with Crippen molar-refractivity contribution in [1.82, 2.24) is 0 Å². The van der Waals surface area contributed by atoms with Crippen LogP contribution in [0.1, 0.15) is 194 Å².